The molecule has 14 heteroatoms. The molecule has 4 atom stereocenters. The standard InChI is InChI=1S/C35H48F2N6O6/c1-9-11-23-19-24(15-17-43(23)33(45)48-34(3,4)5)47-29-20-28(46-21(2)27-12-10-16-42(27)8)39-31(40-29)30(38)41-49-32(44)35(6,7)25-14-13-22(36)18-26(25)37/h9,11,13-14,18,20-21,23-24,27H,10,12,15-17,19H2,1-8H3,(H2,38,41)/b11-9+/t21-,23?,24-,27-/m0/s1. The second kappa shape index (κ2) is 15.5. The Morgan fingerprint density at radius 3 is 2.43 bits per heavy atom. The van der Waals surface area contributed by atoms with Crippen LogP contribution < -0.4 is 15.2 Å². The van der Waals surface area contributed by atoms with Crippen LogP contribution in [0, 0.1) is 11.6 Å². The number of ether oxygens (including phenoxy) is 3. The highest BCUT2D eigenvalue weighted by Crippen LogP contribution is 2.30. The lowest BCUT2D eigenvalue weighted by molar-refractivity contribution is -0.149. The third-order valence-electron chi connectivity index (χ3n) is 8.60. The van der Waals surface area contributed by atoms with Gasteiger partial charge in [-0.05, 0) is 81.0 Å². The summed E-state index contributed by atoms with van der Waals surface area (Å²) < 4.78 is 46.2. The van der Waals surface area contributed by atoms with Gasteiger partial charge in [0, 0.05) is 37.1 Å². The molecule has 0 radical (unpaired) electrons. The van der Waals surface area contributed by atoms with E-state index in [9.17, 15) is 18.4 Å². The molecule has 2 aromatic rings. The minimum atomic E-state index is -1.53. The van der Waals surface area contributed by atoms with E-state index in [0.717, 1.165) is 25.5 Å². The van der Waals surface area contributed by atoms with Crippen LogP contribution in [0.5, 0.6) is 11.8 Å². The van der Waals surface area contributed by atoms with Gasteiger partial charge >= 0.3 is 12.1 Å². The Morgan fingerprint density at radius 2 is 1.80 bits per heavy atom. The molecule has 4 rings (SSSR count). The number of benzene rings is 1. The molecular formula is C35H48F2N6O6. The summed E-state index contributed by atoms with van der Waals surface area (Å²) in [7, 11) is 2.04. The zero-order valence-corrected chi connectivity index (χ0v) is 29.5. The van der Waals surface area contributed by atoms with Crippen molar-refractivity contribution >= 4 is 17.9 Å². The molecule has 0 aliphatic carbocycles. The van der Waals surface area contributed by atoms with E-state index in [0.29, 0.717) is 25.5 Å². The lowest BCUT2D eigenvalue weighted by atomic mass is 9.84. The van der Waals surface area contributed by atoms with Crippen LogP contribution in [0.3, 0.4) is 0 Å². The van der Waals surface area contributed by atoms with Crippen molar-refractivity contribution in [2.75, 3.05) is 20.1 Å². The predicted molar refractivity (Wildman–Crippen MR) is 179 cm³/mol. The molecule has 2 aliphatic rings. The van der Waals surface area contributed by atoms with Gasteiger partial charge in [0.05, 0.1) is 17.5 Å². The van der Waals surface area contributed by atoms with Crippen molar-refractivity contribution in [3.8, 4) is 11.8 Å². The van der Waals surface area contributed by atoms with Crippen molar-refractivity contribution in [2.24, 2.45) is 10.9 Å². The number of nitrogens with zero attached hydrogens (tertiary/aromatic N) is 5. The number of amidine groups is 1. The highest BCUT2D eigenvalue weighted by Gasteiger charge is 2.36. The normalized spacial score (nSPS) is 21.5. The SMILES string of the molecule is C/C=C/C1C[C@@H](Oc2cc(O[C@@H](C)[C@@H]3CCCN3C)nc(/C(N)=N/OC(=O)C(C)(C)c3ccc(F)cc3F)n2)CCN1C(=O)OC(C)(C)C. The number of rotatable bonds is 10. The quantitative estimate of drug-likeness (QED) is 0.112. The fourth-order valence-electron chi connectivity index (χ4n) is 5.98. The van der Waals surface area contributed by atoms with E-state index in [1.54, 1.807) is 11.0 Å². The third-order valence-corrected chi connectivity index (χ3v) is 8.60. The summed E-state index contributed by atoms with van der Waals surface area (Å²) >= 11 is 0. The average Bonchev–Trinajstić information content (AvgIpc) is 3.44. The molecule has 3 heterocycles. The van der Waals surface area contributed by atoms with Gasteiger partial charge in [0.25, 0.3) is 0 Å². The van der Waals surface area contributed by atoms with Crippen molar-refractivity contribution in [2.45, 2.75) is 109 Å². The summed E-state index contributed by atoms with van der Waals surface area (Å²) in [6.07, 6.45) is 5.83. The van der Waals surface area contributed by atoms with Crippen molar-refractivity contribution in [1.82, 2.24) is 19.8 Å². The number of aromatic nitrogens is 2. The second-order valence-electron chi connectivity index (χ2n) is 14.0. The summed E-state index contributed by atoms with van der Waals surface area (Å²) in [6, 6.07) is 4.39. The zero-order chi connectivity index (χ0) is 36.1. The van der Waals surface area contributed by atoms with Gasteiger partial charge in [-0.15, -0.1) is 0 Å². The first-order valence-corrected chi connectivity index (χ1v) is 16.5. The number of carbonyl (C=O) groups is 2. The van der Waals surface area contributed by atoms with Crippen LogP contribution in [0.1, 0.15) is 85.5 Å². The Bertz CT molecular complexity index is 1560. The van der Waals surface area contributed by atoms with E-state index in [-0.39, 0.29) is 53.3 Å². The number of piperidine rings is 1. The van der Waals surface area contributed by atoms with Crippen LogP contribution >= 0.6 is 0 Å². The second-order valence-corrected chi connectivity index (χ2v) is 14.0. The third kappa shape index (κ3) is 9.64. The first-order valence-electron chi connectivity index (χ1n) is 16.5. The number of carbonyl (C=O) groups excluding carboxylic acids is 2. The minimum Gasteiger partial charge on any atom is -0.474 e. The molecule has 1 unspecified atom stereocenters. The lowest BCUT2D eigenvalue weighted by Gasteiger charge is -2.38. The molecule has 49 heavy (non-hydrogen) atoms. The van der Waals surface area contributed by atoms with Crippen LogP contribution in [0.25, 0.3) is 0 Å². The molecular weight excluding hydrogens is 638 g/mol. The van der Waals surface area contributed by atoms with Crippen LogP contribution in [0.4, 0.5) is 13.6 Å². The molecule has 0 spiro atoms. The van der Waals surface area contributed by atoms with E-state index < -0.39 is 34.7 Å². The largest absolute Gasteiger partial charge is 0.474 e. The Morgan fingerprint density at radius 1 is 1.08 bits per heavy atom. The first kappa shape index (κ1) is 37.5. The highest BCUT2D eigenvalue weighted by atomic mass is 19.1. The van der Waals surface area contributed by atoms with E-state index in [4.69, 9.17) is 24.8 Å². The topological polar surface area (TPSA) is 142 Å². The number of amides is 1. The molecule has 268 valence electrons. The minimum absolute atomic E-state index is 0.0742. The van der Waals surface area contributed by atoms with Crippen LogP contribution in [-0.4, -0.2) is 87.7 Å². The van der Waals surface area contributed by atoms with Gasteiger partial charge in [-0.3, -0.25) is 4.90 Å². The average molecular weight is 687 g/mol. The Kier molecular flexibility index (Phi) is 11.8. The van der Waals surface area contributed by atoms with E-state index in [2.05, 4.69) is 20.0 Å². The predicted octanol–water partition coefficient (Wildman–Crippen LogP) is 5.48. The maximum Gasteiger partial charge on any atom is 0.410 e. The van der Waals surface area contributed by atoms with Gasteiger partial charge < -0.3 is 29.7 Å². The number of nitrogens with two attached hydrogens (primary N) is 1. The summed E-state index contributed by atoms with van der Waals surface area (Å²) in [5.74, 6) is -2.74. The van der Waals surface area contributed by atoms with Gasteiger partial charge in [0.2, 0.25) is 23.4 Å². The van der Waals surface area contributed by atoms with Crippen molar-refractivity contribution in [3.63, 3.8) is 0 Å². The van der Waals surface area contributed by atoms with E-state index >= 15 is 0 Å². The van der Waals surface area contributed by atoms with Gasteiger partial charge in [0.1, 0.15) is 29.4 Å². The molecule has 12 nitrogen and oxygen atoms in total. The maximum atomic E-state index is 14.5. The van der Waals surface area contributed by atoms with Crippen LogP contribution in [-0.2, 0) is 19.8 Å². The van der Waals surface area contributed by atoms with Crippen molar-refractivity contribution < 1.29 is 37.4 Å². The molecule has 1 aromatic heterocycles. The summed E-state index contributed by atoms with van der Waals surface area (Å²) in [6.45, 7) is 13.5. The lowest BCUT2D eigenvalue weighted by Crippen LogP contribution is -2.49. The smallest absolute Gasteiger partial charge is 0.410 e. The fourth-order valence-corrected chi connectivity index (χ4v) is 5.98. The molecule has 1 aromatic carbocycles. The molecule has 0 bridgehead atoms. The van der Waals surface area contributed by atoms with E-state index in [1.807, 2.05) is 53.8 Å². The van der Waals surface area contributed by atoms with Gasteiger partial charge in [-0.2, -0.15) is 9.97 Å². The fraction of sp³-hybridized carbons (Fsp3) is 0.571. The Hall–Kier alpha value is -4.33. The summed E-state index contributed by atoms with van der Waals surface area (Å²) in [5.41, 5.74) is 3.99. The number of oxime groups is 1. The highest BCUT2D eigenvalue weighted by molar-refractivity contribution is 5.94. The van der Waals surface area contributed by atoms with Crippen LogP contribution in [0.15, 0.2) is 41.6 Å². The van der Waals surface area contributed by atoms with Gasteiger partial charge in [0.15, 0.2) is 0 Å². The number of likely N-dealkylation sites (N-methyl/N-ethyl adjacent to an activating group) is 1. The Labute approximate surface area is 286 Å². The van der Waals surface area contributed by atoms with Gasteiger partial charge in [-0.1, -0.05) is 23.4 Å². The van der Waals surface area contributed by atoms with Crippen LogP contribution in [0.2, 0.25) is 0 Å². The molecule has 0 saturated carbocycles. The van der Waals surface area contributed by atoms with Crippen molar-refractivity contribution in [1.29, 1.82) is 0 Å². The van der Waals surface area contributed by atoms with Gasteiger partial charge in [-0.25, -0.2) is 18.4 Å². The maximum absolute atomic E-state index is 14.5. The number of likely N-dealkylation sites (tertiary alicyclic amines) is 2. The van der Waals surface area contributed by atoms with E-state index in [1.165, 1.54) is 19.9 Å². The molecule has 2 N–H and O–H groups in total. The Balaban J connectivity index is 1.57. The zero-order valence-electron chi connectivity index (χ0n) is 29.5. The first-order chi connectivity index (χ1) is 23.0. The summed E-state index contributed by atoms with van der Waals surface area (Å²) in [5, 5.41) is 3.76. The number of hydrogen-bond donors (Lipinski definition) is 1. The number of halogens is 2. The molecule has 2 saturated heterocycles. The molecule has 2 aliphatic heterocycles. The molecule has 1 amide bonds. The number of allylic oxidation sites excluding steroid dienone is 1. The molecule has 2 fully saturated rings. The number of hydrogen-bond acceptors (Lipinski definition) is 10. The van der Waals surface area contributed by atoms with Crippen molar-refractivity contribution in [3.05, 3.63) is 59.4 Å². The monoisotopic (exact) mass is 686 g/mol. The summed E-state index contributed by atoms with van der Waals surface area (Å²) in [4.78, 5) is 43.9.